The molecule has 0 bridgehead atoms. The van der Waals surface area contributed by atoms with E-state index in [1.165, 1.54) is 0 Å². The molecule has 0 radical (unpaired) electrons. The highest BCUT2D eigenvalue weighted by atomic mass is 16.6. The van der Waals surface area contributed by atoms with Crippen molar-refractivity contribution in [3.05, 3.63) is 47.7 Å². The molecule has 0 saturated heterocycles. The summed E-state index contributed by atoms with van der Waals surface area (Å²) in [6, 6.07) is 9.54. The van der Waals surface area contributed by atoms with E-state index in [4.69, 9.17) is 9.47 Å². The summed E-state index contributed by atoms with van der Waals surface area (Å²) in [4.78, 5) is 16.1. The maximum Gasteiger partial charge on any atom is 0.225 e. The lowest BCUT2D eigenvalue weighted by molar-refractivity contribution is -0.116. The predicted octanol–water partition coefficient (Wildman–Crippen LogP) is 2.73. The minimum atomic E-state index is -0.0482. The number of benzene rings is 1. The third-order valence-corrected chi connectivity index (χ3v) is 3.43. The van der Waals surface area contributed by atoms with Crippen molar-refractivity contribution in [2.75, 3.05) is 18.5 Å². The number of hydrogen-bond donors (Lipinski definition) is 1. The monoisotopic (exact) mass is 298 g/mol. The highest BCUT2D eigenvalue weighted by molar-refractivity contribution is 5.89. The first kappa shape index (κ1) is 14.4. The predicted molar refractivity (Wildman–Crippen MR) is 83.4 cm³/mol. The Kier molecular flexibility index (Phi) is 4.23. The van der Waals surface area contributed by atoms with Gasteiger partial charge in [-0.25, -0.2) is 4.98 Å². The Hall–Kier alpha value is -2.56. The molecule has 0 fully saturated rings. The Morgan fingerprint density at radius 1 is 1.18 bits per heavy atom. The summed E-state index contributed by atoms with van der Waals surface area (Å²) in [5.74, 6) is 2.06. The third kappa shape index (κ3) is 3.55. The smallest absolute Gasteiger partial charge is 0.225 e. The van der Waals surface area contributed by atoms with E-state index >= 15 is 0 Å². The lowest BCUT2D eigenvalue weighted by Crippen LogP contribution is -2.16. The van der Waals surface area contributed by atoms with Crippen LogP contribution in [0.3, 0.4) is 0 Å². The first-order valence-corrected chi connectivity index (χ1v) is 7.32. The Labute approximate surface area is 129 Å². The molecule has 2 aromatic rings. The molecule has 0 saturated carbocycles. The molecule has 0 atom stereocenters. The number of hydrogen-bond acceptors (Lipinski definition) is 4. The summed E-state index contributed by atoms with van der Waals surface area (Å²) in [5.41, 5.74) is 2.12. The minimum absolute atomic E-state index is 0.0482. The average molecular weight is 298 g/mol. The molecule has 1 N–H and O–H groups in total. The van der Waals surface area contributed by atoms with Gasteiger partial charge in [-0.05, 0) is 48.7 Å². The van der Waals surface area contributed by atoms with E-state index in [0.29, 0.717) is 31.9 Å². The van der Waals surface area contributed by atoms with Gasteiger partial charge in [0.1, 0.15) is 19.0 Å². The molecular weight excluding hydrogens is 280 g/mol. The Balaban J connectivity index is 1.57. The summed E-state index contributed by atoms with van der Waals surface area (Å²) in [7, 11) is 0. The lowest BCUT2D eigenvalue weighted by atomic mass is 10.1. The van der Waals surface area contributed by atoms with Gasteiger partial charge in [0.25, 0.3) is 0 Å². The summed E-state index contributed by atoms with van der Waals surface area (Å²) >= 11 is 0. The first-order chi connectivity index (χ1) is 10.7. The molecule has 1 aromatic heterocycles. The van der Waals surface area contributed by atoms with E-state index < -0.39 is 0 Å². The van der Waals surface area contributed by atoms with Gasteiger partial charge in [0.05, 0.1) is 0 Å². The molecule has 5 heteroatoms. The maximum atomic E-state index is 12.0. The quantitative estimate of drug-likeness (QED) is 0.943. The SMILES string of the molecule is Cc1ccnc(NC(=O)CCc2ccc3c(c2)OCCO3)c1. The van der Waals surface area contributed by atoms with Crippen LogP contribution in [0.5, 0.6) is 11.5 Å². The summed E-state index contributed by atoms with van der Waals surface area (Å²) in [5, 5.41) is 2.81. The zero-order valence-corrected chi connectivity index (χ0v) is 12.5. The molecule has 0 spiro atoms. The fourth-order valence-electron chi connectivity index (χ4n) is 2.31. The number of anilines is 1. The van der Waals surface area contributed by atoms with Crippen LogP contribution in [0.1, 0.15) is 17.5 Å². The average Bonchev–Trinajstić information content (AvgIpc) is 2.53. The number of carbonyl (C=O) groups excluding carboxylic acids is 1. The van der Waals surface area contributed by atoms with Crippen LogP contribution in [0, 0.1) is 6.92 Å². The van der Waals surface area contributed by atoms with Crippen molar-refractivity contribution in [1.29, 1.82) is 0 Å². The molecule has 3 rings (SSSR count). The van der Waals surface area contributed by atoms with Crippen molar-refractivity contribution < 1.29 is 14.3 Å². The number of pyridine rings is 1. The number of ether oxygens (including phenoxy) is 2. The standard InChI is InChI=1S/C17H18N2O3/c1-12-6-7-18-16(10-12)19-17(20)5-3-13-2-4-14-15(11-13)22-9-8-21-14/h2,4,6-7,10-11H,3,5,8-9H2,1H3,(H,18,19,20). The molecule has 114 valence electrons. The number of amides is 1. The van der Waals surface area contributed by atoms with E-state index in [-0.39, 0.29) is 5.91 Å². The van der Waals surface area contributed by atoms with Gasteiger partial charge in [-0.3, -0.25) is 4.79 Å². The van der Waals surface area contributed by atoms with Crippen LogP contribution in [0.15, 0.2) is 36.5 Å². The van der Waals surface area contributed by atoms with E-state index in [1.54, 1.807) is 6.20 Å². The van der Waals surface area contributed by atoms with Crippen LogP contribution in [0.4, 0.5) is 5.82 Å². The van der Waals surface area contributed by atoms with Crippen molar-refractivity contribution in [2.45, 2.75) is 19.8 Å². The fraction of sp³-hybridized carbons (Fsp3) is 0.294. The van der Waals surface area contributed by atoms with E-state index in [0.717, 1.165) is 22.6 Å². The van der Waals surface area contributed by atoms with Crippen LogP contribution >= 0.6 is 0 Å². The maximum absolute atomic E-state index is 12.0. The number of rotatable bonds is 4. The van der Waals surface area contributed by atoms with Crippen molar-refractivity contribution >= 4 is 11.7 Å². The molecule has 0 aliphatic carbocycles. The second kappa shape index (κ2) is 6.47. The van der Waals surface area contributed by atoms with E-state index in [2.05, 4.69) is 10.3 Å². The van der Waals surface area contributed by atoms with Crippen molar-refractivity contribution in [3.8, 4) is 11.5 Å². The number of aryl methyl sites for hydroxylation is 2. The summed E-state index contributed by atoms with van der Waals surface area (Å²) in [6.45, 7) is 3.11. The van der Waals surface area contributed by atoms with E-state index in [1.807, 2.05) is 37.3 Å². The number of fused-ring (bicyclic) bond motifs is 1. The Bertz CT molecular complexity index is 685. The molecule has 22 heavy (non-hydrogen) atoms. The van der Waals surface area contributed by atoms with E-state index in [9.17, 15) is 4.79 Å². The third-order valence-electron chi connectivity index (χ3n) is 3.43. The number of carbonyl (C=O) groups is 1. The largest absolute Gasteiger partial charge is 0.486 e. The second-order valence-corrected chi connectivity index (χ2v) is 5.24. The van der Waals surface area contributed by atoms with Crippen LogP contribution in [-0.2, 0) is 11.2 Å². The summed E-state index contributed by atoms with van der Waals surface area (Å²) < 4.78 is 11.0. The topological polar surface area (TPSA) is 60.5 Å². The zero-order valence-electron chi connectivity index (χ0n) is 12.5. The van der Waals surface area contributed by atoms with Gasteiger partial charge in [0, 0.05) is 12.6 Å². The molecule has 1 amide bonds. The van der Waals surface area contributed by atoms with Crippen LogP contribution in [0.2, 0.25) is 0 Å². The highest BCUT2D eigenvalue weighted by Gasteiger charge is 2.12. The number of aromatic nitrogens is 1. The number of nitrogens with one attached hydrogen (secondary N) is 1. The molecule has 2 heterocycles. The van der Waals surface area contributed by atoms with Gasteiger partial charge in [-0.1, -0.05) is 6.07 Å². The highest BCUT2D eigenvalue weighted by Crippen LogP contribution is 2.31. The zero-order chi connectivity index (χ0) is 15.4. The van der Waals surface area contributed by atoms with Crippen LogP contribution < -0.4 is 14.8 Å². The minimum Gasteiger partial charge on any atom is -0.486 e. The van der Waals surface area contributed by atoms with Crippen molar-refractivity contribution in [1.82, 2.24) is 4.98 Å². The van der Waals surface area contributed by atoms with Gasteiger partial charge >= 0.3 is 0 Å². The van der Waals surface area contributed by atoms with Crippen LogP contribution in [-0.4, -0.2) is 24.1 Å². The Morgan fingerprint density at radius 3 is 2.82 bits per heavy atom. The molecule has 1 aromatic carbocycles. The fourth-order valence-corrected chi connectivity index (χ4v) is 2.31. The second-order valence-electron chi connectivity index (χ2n) is 5.24. The molecule has 1 aliphatic heterocycles. The van der Waals surface area contributed by atoms with Gasteiger partial charge in [0.15, 0.2) is 11.5 Å². The first-order valence-electron chi connectivity index (χ1n) is 7.32. The van der Waals surface area contributed by atoms with Gasteiger partial charge < -0.3 is 14.8 Å². The Morgan fingerprint density at radius 2 is 2.00 bits per heavy atom. The molecule has 5 nitrogen and oxygen atoms in total. The molecule has 0 unspecified atom stereocenters. The normalized spacial score (nSPS) is 12.8. The van der Waals surface area contributed by atoms with Gasteiger partial charge in [0.2, 0.25) is 5.91 Å². The summed E-state index contributed by atoms with van der Waals surface area (Å²) in [6.07, 6.45) is 2.73. The van der Waals surface area contributed by atoms with Crippen molar-refractivity contribution in [2.24, 2.45) is 0 Å². The van der Waals surface area contributed by atoms with Gasteiger partial charge in [-0.15, -0.1) is 0 Å². The molecular formula is C17H18N2O3. The number of nitrogens with zero attached hydrogens (tertiary/aromatic N) is 1. The van der Waals surface area contributed by atoms with Gasteiger partial charge in [-0.2, -0.15) is 0 Å². The van der Waals surface area contributed by atoms with Crippen molar-refractivity contribution in [3.63, 3.8) is 0 Å². The molecule has 1 aliphatic rings. The lowest BCUT2D eigenvalue weighted by Gasteiger charge is -2.18. The van der Waals surface area contributed by atoms with Crippen LogP contribution in [0.25, 0.3) is 0 Å².